The van der Waals surface area contributed by atoms with Gasteiger partial charge in [-0.15, -0.1) is 0 Å². The van der Waals surface area contributed by atoms with Crippen LogP contribution in [0.4, 0.5) is 10.5 Å². The lowest BCUT2D eigenvalue weighted by Crippen LogP contribution is -2.38. The topological polar surface area (TPSA) is 76.2 Å². The fourth-order valence-electron chi connectivity index (χ4n) is 4.77. The number of hydrogen-bond donors (Lipinski definition) is 0. The lowest BCUT2D eigenvalue weighted by atomic mass is 9.93. The van der Waals surface area contributed by atoms with Gasteiger partial charge in [-0.05, 0) is 23.6 Å². The lowest BCUT2D eigenvalue weighted by Gasteiger charge is -2.26. The van der Waals surface area contributed by atoms with Crippen molar-refractivity contribution in [3.8, 4) is 0 Å². The highest BCUT2D eigenvalue weighted by molar-refractivity contribution is 5.94. The second-order valence-corrected chi connectivity index (χ2v) is 8.43. The van der Waals surface area contributed by atoms with Gasteiger partial charge in [-0.1, -0.05) is 48.5 Å². The van der Waals surface area contributed by atoms with Crippen molar-refractivity contribution in [2.24, 2.45) is 0 Å². The molecule has 2 aromatic carbocycles. The Bertz CT molecular complexity index is 993. The minimum Gasteiger partial charge on any atom is -0.461 e. The molecule has 0 aromatic heterocycles. The van der Waals surface area contributed by atoms with E-state index in [-0.39, 0.29) is 36.5 Å². The predicted molar refractivity (Wildman–Crippen MR) is 119 cm³/mol. The van der Waals surface area contributed by atoms with E-state index in [4.69, 9.17) is 9.47 Å². The molecule has 2 aliphatic heterocycles. The number of carbonyl (C=O) groups is 3. The molecule has 3 atom stereocenters. The number of amides is 2. The molecule has 1 unspecified atom stereocenters. The third-order valence-corrected chi connectivity index (χ3v) is 6.16. The van der Waals surface area contributed by atoms with Gasteiger partial charge in [0.05, 0.1) is 6.54 Å². The van der Waals surface area contributed by atoms with Gasteiger partial charge < -0.3 is 19.3 Å². The molecule has 4 rings (SSSR count). The Morgan fingerprint density at radius 3 is 2.41 bits per heavy atom. The first kappa shape index (κ1) is 21.9. The van der Waals surface area contributed by atoms with E-state index in [1.165, 1.54) is 6.92 Å². The molecule has 0 aliphatic carbocycles. The normalized spacial score (nSPS) is 21.9. The number of benzene rings is 2. The van der Waals surface area contributed by atoms with Crippen LogP contribution in [0, 0.1) is 0 Å². The van der Waals surface area contributed by atoms with E-state index in [1.807, 2.05) is 54.6 Å². The van der Waals surface area contributed by atoms with Crippen molar-refractivity contribution in [3.63, 3.8) is 0 Å². The summed E-state index contributed by atoms with van der Waals surface area (Å²) in [5, 5.41) is 0. The Morgan fingerprint density at radius 2 is 1.69 bits per heavy atom. The average Bonchev–Trinajstić information content (AvgIpc) is 3.34. The van der Waals surface area contributed by atoms with Crippen LogP contribution in [0.1, 0.15) is 43.7 Å². The Labute approximate surface area is 187 Å². The molecule has 7 nitrogen and oxygen atoms in total. The van der Waals surface area contributed by atoms with Gasteiger partial charge in [0.1, 0.15) is 12.7 Å². The van der Waals surface area contributed by atoms with E-state index in [2.05, 4.69) is 0 Å². The first-order valence-electron chi connectivity index (χ1n) is 10.9. The first-order valence-corrected chi connectivity index (χ1v) is 10.9. The summed E-state index contributed by atoms with van der Waals surface area (Å²) in [4.78, 5) is 40.1. The zero-order valence-corrected chi connectivity index (χ0v) is 18.4. The number of para-hydroxylation sites is 1. The van der Waals surface area contributed by atoms with E-state index in [1.54, 1.807) is 16.7 Å². The highest BCUT2D eigenvalue weighted by Gasteiger charge is 2.41. The third kappa shape index (κ3) is 4.77. The van der Waals surface area contributed by atoms with E-state index in [9.17, 15) is 14.4 Å². The lowest BCUT2D eigenvalue weighted by molar-refractivity contribution is -0.145. The molecular weight excluding hydrogens is 408 g/mol. The molecule has 2 heterocycles. The third-order valence-electron chi connectivity index (χ3n) is 6.16. The SMILES string of the molecule is CC(=O)O[C@H]1C[C@@H](CC2CN(C(C)=O)c3ccccc32)N(C(=O)OCc2ccccc2)C1. The molecule has 2 amide bonds. The maximum atomic E-state index is 13.0. The fourth-order valence-corrected chi connectivity index (χ4v) is 4.77. The standard InChI is InChI=1S/C25H28N2O5/c1-17(28)26-14-20(23-10-6-7-11-24(23)26)12-21-13-22(32-18(2)29)15-27(21)25(30)31-16-19-8-4-3-5-9-19/h3-11,20-22H,12-16H2,1-2H3/t20?,21-,22+/m1/s1. The van der Waals surface area contributed by atoms with E-state index < -0.39 is 6.09 Å². The molecule has 32 heavy (non-hydrogen) atoms. The van der Waals surface area contributed by atoms with Gasteiger partial charge in [0, 0.05) is 44.5 Å². The zero-order chi connectivity index (χ0) is 22.7. The number of nitrogens with zero attached hydrogens (tertiary/aromatic N) is 2. The van der Waals surface area contributed by atoms with Crippen LogP contribution in [0.3, 0.4) is 0 Å². The average molecular weight is 437 g/mol. The quantitative estimate of drug-likeness (QED) is 0.665. The summed E-state index contributed by atoms with van der Waals surface area (Å²) in [5.74, 6) is -0.258. The molecule has 0 radical (unpaired) electrons. The zero-order valence-electron chi connectivity index (χ0n) is 18.4. The smallest absolute Gasteiger partial charge is 0.410 e. The maximum Gasteiger partial charge on any atom is 0.410 e. The van der Waals surface area contributed by atoms with Crippen molar-refractivity contribution >= 4 is 23.7 Å². The van der Waals surface area contributed by atoms with Gasteiger partial charge in [0.15, 0.2) is 0 Å². The molecule has 2 aliphatic rings. The number of esters is 1. The Kier molecular flexibility index (Phi) is 6.44. The van der Waals surface area contributed by atoms with Gasteiger partial charge in [-0.25, -0.2) is 4.79 Å². The van der Waals surface area contributed by atoms with Gasteiger partial charge in [-0.3, -0.25) is 9.59 Å². The number of rotatable bonds is 5. The first-order chi connectivity index (χ1) is 15.4. The molecule has 0 bridgehead atoms. The van der Waals surface area contributed by atoms with Crippen LogP contribution in [-0.2, 0) is 25.7 Å². The fraction of sp³-hybridized carbons (Fsp3) is 0.400. The van der Waals surface area contributed by atoms with Crippen molar-refractivity contribution in [1.29, 1.82) is 0 Å². The number of carbonyl (C=O) groups excluding carboxylic acids is 3. The number of anilines is 1. The Hall–Kier alpha value is -3.35. The summed E-state index contributed by atoms with van der Waals surface area (Å²) >= 11 is 0. The van der Waals surface area contributed by atoms with Crippen LogP contribution in [0.25, 0.3) is 0 Å². The summed E-state index contributed by atoms with van der Waals surface area (Å²) in [6, 6.07) is 17.3. The van der Waals surface area contributed by atoms with Gasteiger partial charge in [-0.2, -0.15) is 0 Å². The highest BCUT2D eigenvalue weighted by Crippen LogP contribution is 2.41. The van der Waals surface area contributed by atoms with Gasteiger partial charge >= 0.3 is 12.1 Å². The summed E-state index contributed by atoms with van der Waals surface area (Å²) in [5.41, 5.74) is 2.95. The summed E-state index contributed by atoms with van der Waals surface area (Å²) in [6.45, 7) is 4.02. The van der Waals surface area contributed by atoms with Crippen LogP contribution in [0.15, 0.2) is 54.6 Å². The second-order valence-electron chi connectivity index (χ2n) is 8.43. The van der Waals surface area contributed by atoms with Crippen LogP contribution >= 0.6 is 0 Å². The summed E-state index contributed by atoms with van der Waals surface area (Å²) in [6.07, 6.45) is 0.447. The predicted octanol–water partition coefficient (Wildman–Crippen LogP) is 3.87. The van der Waals surface area contributed by atoms with Crippen molar-refractivity contribution in [2.75, 3.05) is 18.0 Å². The minimum absolute atomic E-state index is 0.00304. The Balaban J connectivity index is 1.49. The number of fused-ring (bicyclic) bond motifs is 1. The maximum absolute atomic E-state index is 13.0. The van der Waals surface area contributed by atoms with E-state index in [0.717, 1.165) is 16.8 Å². The minimum atomic E-state index is -0.414. The molecular formula is C25H28N2O5. The van der Waals surface area contributed by atoms with Crippen molar-refractivity contribution in [3.05, 3.63) is 65.7 Å². The molecule has 0 N–H and O–H groups in total. The molecule has 1 saturated heterocycles. The number of ether oxygens (including phenoxy) is 2. The second kappa shape index (κ2) is 9.42. The van der Waals surface area contributed by atoms with Crippen LogP contribution in [0.5, 0.6) is 0 Å². The summed E-state index contributed by atoms with van der Waals surface area (Å²) in [7, 11) is 0. The van der Waals surface area contributed by atoms with Crippen LogP contribution < -0.4 is 4.90 Å². The number of hydrogen-bond acceptors (Lipinski definition) is 5. The number of likely N-dealkylation sites (tertiary alicyclic amines) is 1. The van der Waals surface area contributed by atoms with Crippen LogP contribution in [-0.4, -0.2) is 48.1 Å². The molecule has 0 spiro atoms. The Morgan fingerprint density at radius 1 is 0.969 bits per heavy atom. The van der Waals surface area contributed by atoms with Crippen LogP contribution in [0.2, 0.25) is 0 Å². The highest BCUT2D eigenvalue weighted by atomic mass is 16.6. The summed E-state index contributed by atoms with van der Waals surface area (Å²) < 4.78 is 11.0. The molecule has 1 fully saturated rings. The molecule has 0 saturated carbocycles. The van der Waals surface area contributed by atoms with Gasteiger partial charge in [0.2, 0.25) is 5.91 Å². The van der Waals surface area contributed by atoms with Crippen molar-refractivity contribution in [2.45, 2.75) is 51.4 Å². The molecule has 2 aromatic rings. The van der Waals surface area contributed by atoms with Crippen molar-refractivity contribution in [1.82, 2.24) is 4.90 Å². The van der Waals surface area contributed by atoms with Crippen molar-refractivity contribution < 1.29 is 23.9 Å². The van der Waals surface area contributed by atoms with Gasteiger partial charge in [0.25, 0.3) is 0 Å². The largest absolute Gasteiger partial charge is 0.461 e. The molecule has 168 valence electrons. The monoisotopic (exact) mass is 436 g/mol. The van der Waals surface area contributed by atoms with E-state index in [0.29, 0.717) is 25.9 Å². The molecule has 7 heteroatoms. The van der Waals surface area contributed by atoms with E-state index >= 15 is 0 Å².